The minimum Gasteiger partial charge on any atom is -0.493 e. The first-order chi connectivity index (χ1) is 8.54. The Bertz CT molecular complexity index is 453. The molecule has 1 aliphatic heterocycles. The molecule has 18 heavy (non-hydrogen) atoms. The van der Waals surface area contributed by atoms with E-state index in [1.54, 1.807) is 6.07 Å². The number of hydrogen-bond donors (Lipinski definition) is 0. The SMILES string of the molecule is CN1CCC(COc2cc(Cl)cc([N+](=O)[O-])c2)C1. The maximum absolute atomic E-state index is 10.7. The molecule has 1 fully saturated rings. The number of likely N-dealkylation sites (tertiary alicyclic amines) is 1. The summed E-state index contributed by atoms with van der Waals surface area (Å²) in [4.78, 5) is 12.5. The zero-order chi connectivity index (χ0) is 13.1. The van der Waals surface area contributed by atoms with Gasteiger partial charge in [0.2, 0.25) is 0 Å². The third kappa shape index (κ3) is 3.34. The van der Waals surface area contributed by atoms with Crippen molar-refractivity contribution in [3.8, 4) is 5.75 Å². The van der Waals surface area contributed by atoms with Gasteiger partial charge in [-0.25, -0.2) is 0 Å². The van der Waals surface area contributed by atoms with Gasteiger partial charge in [0.25, 0.3) is 5.69 Å². The molecule has 6 heteroatoms. The molecule has 0 saturated carbocycles. The number of nitro groups is 1. The van der Waals surface area contributed by atoms with Gasteiger partial charge in [-0.1, -0.05) is 11.6 Å². The first-order valence-electron chi connectivity index (χ1n) is 5.81. The van der Waals surface area contributed by atoms with Crippen molar-refractivity contribution in [3.63, 3.8) is 0 Å². The number of nitro benzene ring substituents is 1. The van der Waals surface area contributed by atoms with Crippen LogP contribution >= 0.6 is 11.6 Å². The Hall–Kier alpha value is -1.33. The molecule has 0 N–H and O–H groups in total. The molecular weight excluding hydrogens is 256 g/mol. The van der Waals surface area contributed by atoms with Crippen LogP contribution in [0.4, 0.5) is 5.69 Å². The molecule has 1 saturated heterocycles. The first kappa shape index (κ1) is 13.1. The quantitative estimate of drug-likeness (QED) is 0.623. The number of benzene rings is 1. The van der Waals surface area contributed by atoms with E-state index >= 15 is 0 Å². The van der Waals surface area contributed by atoms with Gasteiger partial charge in [-0.15, -0.1) is 0 Å². The van der Waals surface area contributed by atoms with E-state index in [0.717, 1.165) is 19.5 Å². The van der Waals surface area contributed by atoms with Crippen molar-refractivity contribution >= 4 is 17.3 Å². The monoisotopic (exact) mass is 270 g/mol. The van der Waals surface area contributed by atoms with E-state index < -0.39 is 4.92 Å². The van der Waals surface area contributed by atoms with E-state index in [1.165, 1.54) is 12.1 Å². The molecule has 0 radical (unpaired) electrons. The Morgan fingerprint density at radius 1 is 1.56 bits per heavy atom. The summed E-state index contributed by atoms with van der Waals surface area (Å²) in [5.41, 5.74) is -0.0407. The van der Waals surface area contributed by atoms with Crippen LogP contribution in [0.5, 0.6) is 5.75 Å². The summed E-state index contributed by atoms with van der Waals surface area (Å²) in [5.74, 6) is 0.941. The molecule has 0 aromatic heterocycles. The highest BCUT2D eigenvalue weighted by Crippen LogP contribution is 2.26. The Kier molecular flexibility index (Phi) is 4.04. The van der Waals surface area contributed by atoms with Gasteiger partial charge in [-0.05, 0) is 26.1 Å². The average molecular weight is 271 g/mol. The summed E-state index contributed by atoms with van der Waals surface area (Å²) in [6.07, 6.45) is 1.10. The number of nitrogens with zero attached hydrogens (tertiary/aromatic N) is 2. The Morgan fingerprint density at radius 2 is 2.33 bits per heavy atom. The van der Waals surface area contributed by atoms with E-state index in [9.17, 15) is 10.1 Å². The molecule has 1 aromatic carbocycles. The van der Waals surface area contributed by atoms with Crippen molar-refractivity contribution in [1.82, 2.24) is 4.90 Å². The Labute approximate surface area is 110 Å². The fourth-order valence-corrected chi connectivity index (χ4v) is 2.33. The molecule has 1 aliphatic rings. The average Bonchev–Trinajstić information content (AvgIpc) is 2.72. The molecule has 98 valence electrons. The van der Waals surface area contributed by atoms with Crippen molar-refractivity contribution in [1.29, 1.82) is 0 Å². The third-order valence-electron chi connectivity index (χ3n) is 3.04. The van der Waals surface area contributed by atoms with Gasteiger partial charge in [0.1, 0.15) is 5.75 Å². The van der Waals surface area contributed by atoms with E-state index in [1.807, 2.05) is 0 Å². The van der Waals surface area contributed by atoms with Crippen LogP contribution in [0.25, 0.3) is 0 Å². The highest BCUT2D eigenvalue weighted by molar-refractivity contribution is 6.30. The number of halogens is 1. The lowest BCUT2D eigenvalue weighted by atomic mass is 10.1. The summed E-state index contributed by atoms with van der Waals surface area (Å²) in [6, 6.07) is 4.33. The standard InChI is InChI=1S/C12H15ClN2O3/c1-14-3-2-9(7-14)8-18-12-5-10(13)4-11(6-12)15(16)17/h4-6,9H,2-3,7-8H2,1H3. The zero-order valence-corrected chi connectivity index (χ0v) is 10.9. The third-order valence-corrected chi connectivity index (χ3v) is 3.26. The first-order valence-corrected chi connectivity index (χ1v) is 6.18. The molecule has 1 heterocycles. The number of hydrogen-bond acceptors (Lipinski definition) is 4. The second kappa shape index (κ2) is 5.54. The van der Waals surface area contributed by atoms with Gasteiger partial charge in [0.05, 0.1) is 22.6 Å². The molecular formula is C12H15ClN2O3. The molecule has 5 nitrogen and oxygen atoms in total. The lowest BCUT2D eigenvalue weighted by molar-refractivity contribution is -0.384. The smallest absolute Gasteiger partial charge is 0.274 e. The fourth-order valence-electron chi connectivity index (χ4n) is 2.11. The summed E-state index contributed by atoms with van der Waals surface area (Å²) in [7, 11) is 2.07. The van der Waals surface area contributed by atoms with Crippen molar-refractivity contribution in [3.05, 3.63) is 33.3 Å². The van der Waals surface area contributed by atoms with Crippen LogP contribution in [-0.2, 0) is 0 Å². The van der Waals surface area contributed by atoms with Crippen LogP contribution < -0.4 is 4.74 Å². The minimum absolute atomic E-state index is 0.0407. The molecule has 2 rings (SSSR count). The molecule has 0 bridgehead atoms. The van der Waals surface area contributed by atoms with E-state index in [4.69, 9.17) is 16.3 Å². The van der Waals surface area contributed by atoms with Crippen LogP contribution in [0.2, 0.25) is 5.02 Å². The molecule has 1 atom stereocenters. The maximum Gasteiger partial charge on any atom is 0.274 e. The number of ether oxygens (including phenoxy) is 1. The van der Waals surface area contributed by atoms with Gasteiger partial charge >= 0.3 is 0 Å². The molecule has 0 amide bonds. The lowest BCUT2D eigenvalue weighted by Gasteiger charge is -2.12. The predicted octanol–water partition coefficient (Wildman–Crippen LogP) is 2.58. The highest BCUT2D eigenvalue weighted by Gasteiger charge is 2.20. The number of rotatable bonds is 4. The van der Waals surface area contributed by atoms with Gasteiger partial charge in [0.15, 0.2) is 0 Å². The van der Waals surface area contributed by atoms with Crippen LogP contribution in [0.15, 0.2) is 18.2 Å². The zero-order valence-electron chi connectivity index (χ0n) is 10.1. The molecule has 0 aliphatic carbocycles. The molecule has 1 aromatic rings. The van der Waals surface area contributed by atoms with Crippen LogP contribution in [0, 0.1) is 16.0 Å². The van der Waals surface area contributed by atoms with Crippen LogP contribution in [0.3, 0.4) is 0 Å². The topological polar surface area (TPSA) is 55.6 Å². The second-order valence-electron chi connectivity index (χ2n) is 4.63. The molecule has 0 spiro atoms. The summed E-state index contributed by atoms with van der Waals surface area (Å²) in [6.45, 7) is 2.65. The van der Waals surface area contributed by atoms with Crippen LogP contribution in [-0.4, -0.2) is 36.6 Å². The summed E-state index contributed by atoms with van der Waals surface area (Å²) >= 11 is 5.82. The minimum atomic E-state index is -0.470. The van der Waals surface area contributed by atoms with Crippen molar-refractivity contribution in [2.45, 2.75) is 6.42 Å². The van der Waals surface area contributed by atoms with Crippen molar-refractivity contribution in [2.75, 3.05) is 26.7 Å². The normalized spacial score (nSPS) is 20.0. The largest absolute Gasteiger partial charge is 0.493 e. The second-order valence-corrected chi connectivity index (χ2v) is 5.07. The summed E-state index contributed by atoms with van der Waals surface area (Å²) in [5, 5.41) is 11.0. The fraction of sp³-hybridized carbons (Fsp3) is 0.500. The summed E-state index contributed by atoms with van der Waals surface area (Å²) < 4.78 is 5.59. The van der Waals surface area contributed by atoms with Gasteiger partial charge < -0.3 is 9.64 Å². The molecule has 1 unspecified atom stereocenters. The Morgan fingerprint density at radius 3 is 2.94 bits per heavy atom. The van der Waals surface area contributed by atoms with E-state index in [0.29, 0.717) is 23.3 Å². The van der Waals surface area contributed by atoms with E-state index in [-0.39, 0.29) is 5.69 Å². The van der Waals surface area contributed by atoms with Gasteiger partial charge in [0, 0.05) is 18.5 Å². The maximum atomic E-state index is 10.7. The van der Waals surface area contributed by atoms with Crippen molar-refractivity contribution in [2.24, 2.45) is 5.92 Å². The van der Waals surface area contributed by atoms with Gasteiger partial charge in [-0.3, -0.25) is 10.1 Å². The number of non-ortho nitro benzene ring substituents is 1. The van der Waals surface area contributed by atoms with Crippen LogP contribution in [0.1, 0.15) is 6.42 Å². The predicted molar refractivity (Wildman–Crippen MR) is 69.2 cm³/mol. The Balaban J connectivity index is 1.98. The lowest BCUT2D eigenvalue weighted by Crippen LogP contribution is -2.17. The van der Waals surface area contributed by atoms with Crippen molar-refractivity contribution < 1.29 is 9.66 Å². The highest BCUT2D eigenvalue weighted by atomic mass is 35.5. The van der Waals surface area contributed by atoms with Gasteiger partial charge in [-0.2, -0.15) is 0 Å². The van der Waals surface area contributed by atoms with E-state index in [2.05, 4.69) is 11.9 Å².